The zero-order valence-corrected chi connectivity index (χ0v) is 9.03. The zero-order valence-electron chi connectivity index (χ0n) is 9.03. The molecule has 0 aromatic heterocycles. The van der Waals surface area contributed by atoms with E-state index in [4.69, 9.17) is 5.11 Å². The van der Waals surface area contributed by atoms with Gasteiger partial charge in [0.25, 0.3) is 0 Å². The lowest BCUT2D eigenvalue weighted by Gasteiger charge is -2.43. The number of likely N-dealkylation sites (tertiary alicyclic amines) is 1. The maximum Gasteiger partial charge on any atom is 0.310 e. The largest absolute Gasteiger partial charge is 0.481 e. The van der Waals surface area contributed by atoms with Gasteiger partial charge in [0.2, 0.25) is 5.91 Å². The van der Waals surface area contributed by atoms with Crippen LogP contribution >= 0.6 is 0 Å². The van der Waals surface area contributed by atoms with E-state index in [-0.39, 0.29) is 11.8 Å². The highest BCUT2D eigenvalue weighted by Gasteiger charge is 2.53. The van der Waals surface area contributed by atoms with Crippen molar-refractivity contribution in [2.75, 3.05) is 13.1 Å². The van der Waals surface area contributed by atoms with Crippen LogP contribution in [0.5, 0.6) is 0 Å². The molecule has 1 heterocycles. The number of carboxylic acid groups (broad SMARTS) is 1. The molecular formula is C11H17NO3. The van der Waals surface area contributed by atoms with Crippen LogP contribution < -0.4 is 0 Å². The molecular weight excluding hydrogens is 194 g/mol. The third kappa shape index (κ3) is 1.52. The second kappa shape index (κ2) is 3.51. The van der Waals surface area contributed by atoms with Gasteiger partial charge in [0, 0.05) is 13.1 Å². The van der Waals surface area contributed by atoms with E-state index in [0.717, 1.165) is 32.4 Å². The molecule has 1 saturated heterocycles. The van der Waals surface area contributed by atoms with Crippen LogP contribution in [0.25, 0.3) is 0 Å². The first-order valence-electron chi connectivity index (χ1n) is 5.58. The van der Waals surface area contributed by atoms with E-state index in [0.29, 0.717) is 6.42 Å². The molecule has 2 fully saturated rings. The van der Waals surface area contributed by atoms with Crippen LogP contribution in [0.4, 0.5) is 0 Å². The summed E-state index contributed by atoms with van der Waals surface area (Å²) >= 11 is 0. The smallest absolute Gasteiger partial charge is 0.310 e. The molecule has 1 amide bonds. The van der Waals surface area contributed by atoms with Gasteiger partial charge in [0.1, 0.15) is 0 Å². The predicted molar refractivity (Wildman–Crippen MR) is 54.3 cm³/mol. The minimum atomic E-state index is -0.828. The Balaban J connectivity index is 2.05. The summed E-state index contributed by atoms with van der Waals surface area (Å²) in [4.78, 5) is 24.9. The van der Waals surface area contributed by atoms with Gasteiger partial charge < -0.3 is 10.0 Å². The second-order valence-electron chi connectivity index (χ2n) is 4.85. The molecule has 1 saturated carbocycles. The van der Waals surface area contributed by atoms with Crippen molar-refractivity contribution in [3.8, 4) is 0 Å². The Kier molecular flexibility index (Phi) is 2.44. The minimum Gasteiger partial charge on any atom is -0.481 e. The maximum atomic E-state index is 12.0. The summed E-state index contributed by atoms with van der Waals surface area (Å²) in [5.74, 6) is -1.05. The van der Waals surface area contributed by atoms with Gasteiger partial charge in [-0.25, -0.2) is 0 Å². The fourth-order valence-corrected chi connectivity index (χ4v) is 2.53. The highest BCUT2D eigenvalue weighted by atomic mass is 16.4. The zero-order chi connectivity index (χ0) is 11.1. The van der Waals surface area contributed by atoms with E-state index in [9.17, 15) is 9.59 Å². The van der Waals surface area contributed by atoms with Gasteiger partial charge in [-0.05, 0) is 32.6 Å². The predicted octanol–water partition coefficient (Wildman–Crippen LogP) is 1.11. The van der Waals surface area contributed by atoms with Crippen LogP contribution in [-0.4, -0.2) is 35.0 Å². The quantitative estimate of drug-likeness (QED) is 0.744. The number of carbonyl (C=O) groups is 2. The molecule has 2 rings (SSSR count). The third-order valence-corrected chi connectivity index (χ3v) is 3.93. The van der Waals surface area contributed by atoms with Crippen molar-refractivity contribution >= 4 is 11.9 Å². The Morgan fingerprint density at radius 3 is 2.33 bits per heavy atom. The van der Waals surface area contributed by atoms with Gasteiger partial charge in [-0.2, -0.15) is 0 Å². The average Bonchev–Trinajstić information content (AvgIpc) is 2.67. The van der Waals surface area contributed by atoms with Crippen LogP contribution in [0.2, 0.25) is 0 Å². The number of rotatable bonds is 2. The molecule has 84 valence electrons. The standard InChI is InChI=1S/C11H17NO3/c1-11(10(14)15)5-4-8(11)9(13)12-6-2-3-7-12/h8H,2-7H2,1H3,(H,14,15)/t8-,11-/m0/s1. The number of amides is 1. The third-order valence-electron chi connectivity index (χ3n) is 3.93. The number of nitrogens with zero attached hydrogens (tertiary/aromatic N) is 1. The lowest BCUT2D eigenvalue weighted by atomic mass is 9.60. The highest BCUT2D eigenvalue weighted by Crippen LogP contribution is 2.47. The molecule has 2 aliphatic rings. The lowest BCUT2D eigenvalue weighted by molar-refractivity contribution is -0.167. The summed E-state index contributed by atoms with van der Waals surface area (Å²) in [6.07, 6.45) is 3.48. The summed E-state index contributed by atoms with van der Waals surface area (Å²) in [7, 11) is 0. The van der Waals surface area contributed by atoms with Gasteiger partial charge in [-0.3, -0.25) is 9.59 Å². The van der Waals surface area contributed by atoms with Gasteiger partial charge in [0.05, 0.1) is 11.3 Å². The van der Waals surface area contributed by atoms with Gasteiger partial charge in [-0.1, -0.05) is 0 Å². The molecule has 0 aromatic rings. The monoisotopic (exact) mass is 211 g/mol. The first-order chi connectivity index (χ1) is 7.05. The summed E-state index contributed by atoms with van der Waals surface area (Å²) in [5, 5.41) is 9.08. The first kappa shape index (κ1) is 10.5. The molecule has 0 spiro atoms. The van der Waals surface area contributed by atoms with Crippen LogP contribution in [0.3, 0.4) is 0 Å². The van der Waals surface area contributed by atoms with Crippen LogP contribution in [0.15, 0.2) is 0 Å². The van der Waals surface area contributed by atoms with Crippen molar-refractivity contribution in [1.29, 1.82) is 0 Å². The summed E-state index contributed by atoms with van der Waals surface area (Å²) in [5.41, 5.74) is -0.806. The molecule has 1 aliphatic carbocycles. The Labute approximate surface area is 89.3 Å². The molecule has 0 unspecified atom stereocenters. The van der Waals surface area contributed by atoms with E-state index in [1.54, 1.807) is 6.92 Å². The number of hydrogen-bond acceptors (Lipinski definition) is 2. The summed E-state index contributed by atoms with van der Waals surface area (Å²) in [6, 6.07) is 0. The normalized spacial score (nSPS) is 35.0. The topological polar surface area (TPSA) is 57.6 Å². The summed E-state index contributed by atoms with van der Waals surface area (Å²) in [6.45, 7) is 3.31. The van der Waals surface area contributed by atoms with Gasteiger partial charge in [-0.15, -0.1) is 0 Å². The highest BCUT2D eigenvalue weighted by molar-refractivity contribution is 5.89. The van der Waals surface area contributed by atoms with Crippen LogP contribution in [0.1, 0.15) is 32.6 Å². The van der Waals surface area contributed by atoms with E-state index in [1.807, 2.05) is 4.90 Å². The maximum absolute atomic E-state index is 12.0. The molecule has 1 aliphatic heterocycles. The van der Waals surface area contributed by atoms with E-state index in [1.165, 1.54) is 0 Å². The summed E-state index contributed by atoms with van der Waals surface area (Å²) < 4.78 is 0. The van der Waals surface area contributed by atoms with Crippen LogP contribution in [0, 0.1) is 11.3 Å². The fourth-order valence-electron chi connectivity index (χ4n) is 2.53. The molecule has 0 aromatic carbocycles. The molecule has 4 heteroatoms. The van der Waals surface area contributed by atoms with Gasteiger partial charge >= 0.3 is 5.97 Å². The second-order valence-corrected chi connectivity index (χ2v) is 4.85. The van der Waals surface area contributed by atoms with Crippen molar-refractivity contribution in [3.05, 3.63) is 0 Å². The minimum absolute atomic E-state index is 0.0589. The lowest BCUT2D eigenvalue weighted by Crippen LogP contribution is -2.52. The Morgan fingerprint density at radius 2 is 1.93 bits per heavy atom. The van der Waals surface area contributed by atoms with Gasteiger partial charge in [0.15, 0.2) is 0 Å². The first-order valence-corrected chi connectivity index (χ1v) is 5.58. The van der Waals surface area contributed by atoms with E-state index in [2.05, 4.69) is 0 Å². The Hall–Kier alpha value is -1.06. The number of aliphatic carboxylic acids is 1. The number of carbonyl (C=O) groups excluding carboxylic acids is 1. The molecule has 0 radical (unpaired) electrons. The van der Waals surface area contributed by atoms with E-state index < -0.39 is 11.4 Å². The number of hydrogen-bond donors (Lipinski definition) is 1. The average molecular weight is 211 g/mol. The molecule has 15 heavy (non-hydrogen) atoms. The molecule has 0 bridgehead atoms. The number of carboxylic acids is 1. The molecule has 2 atom stereocenters. The van der Waals surface area contributed by atoms with Crippen molar-refractivity contribution in [1.82, 2.24) is 4.90 Å². The Morgan fingerprint density at radius 1 is 1.33 bits per heavy atom. The van der Waals surface area contributed by atoms with Crippen molar-refractivity contribution in [3.63, 3.8) is 0 Å². The van der Waals surface area contributed by atoms with Crippen molar-refractivity contribution < 1.29 is 14.7 Å². The fraction of sp³-hybridized carbons (Fsp3) is 0.818. The molecule has 1 N–H and O–H groups in total. The van der Waals surface area contributed by atoms with E-state index >= 15 is 0 Å². The van der Waals surface area contributed by atoms with Crippen LogP contribution in [-0.2, 0) is 9.59 Å². The molecule has 4 nitrogen and oxygen atoms in total. The van der Waals surface area contributed by atoms with Crippen molar-refractivity contribution in [2.24, 2.45) is 11.3 Å². The SMILES string of the molecule is C[C@]1(C(=O)O)CC[C@H]1C(=O)N1CCCC1. The Bertz CT molecular complexity index is 296. The van der Waals surface area contributed by atoms with Crippen molar-refractivity contribution in [2.45, 2.75) is 32.6 Å².